The first-order valence-corrected chi connectivity index (χ1v) is 9.25. The molecular formula is C20H22ClN3O3. The van der Waals surface area contributed by atoms with E-state index in [1.54, 1.807) is 48.5 Å². The van der Waals surface area contributed by atoms with Crippen LogP contribution in [0.3, 0.4) is 0 Å². The summed E-state index contributed by atoms with van der Waals surface area (Å²) >= 11 is 5.86. The summed E-state index contributed by atoms with van der Waals surface area (Å²) in [4.78, 5) is 26.9. The van der Waals surface area contributed by atoms with Crippen LogP contribution in [-0.4, -0.2) is 47.6 Å². The van der Waals surface area contributed by atoms with Crippen LogP contribution in [-0.2, 0) is 4.79 Å². The number of likely N-dealkylation sites (tertiary alicyclic amines) is 1. The number of benzene rings is 2. The number of carbonyl (C=O) groups excluding carboxylic acids is 2. The van der Waals surface area contributed by atoms with Crippen molar-refractivity contribution in [2.24, 2.45) is 0 Å². The number of hydrogen-bond donors (Lipinski definition) is 3. The number of anilines is 2. The third-order valence-corrected chi connectivity index (χ3v) is 4.65. The van der Waals surface area contributed by atoms with E-state index in [1.807, 2.05) is 4.90 Å². The molecule has 2 aromatic rings. The average Bonchev–Trinajstić information content (AvgIpc) is 2.64. The van der Waals surface area contributed by atoms with E-state index in [1.165, 1.54) is 0 Å². The van der Waals surface area contributed by atoms with Crippen LogP contribution in [0, 0.1) is 0 Å². The Hall–Kier alpha value is -2.41. The molecule has 2 aromatic carbocycles. The summed E-state index contributed by atoms with van der Waals surface area (Å²) in [6.45, 7) is 1.46. The number of β-amino-alcohol motifs (C(OH)–C–C–N with tert-alkyl or cyclic N) is 1. The molecule has 0 radical (unpaired) electrons. The van der Waals surface area contributed by atoms with Gasteiger partial charge in [-0.2, -0.15) is 0 Å². The third kappa shape index (κ3) is 5.53. The Morgan fingerprint density at radius 2 is 1.85 bits per heavy atom. The molecule has 0 aliphatic carbocycles. The Balaban J connectivity index is 1.65. The molecule has 0 saturated carbocycles. The Morgan fingerprint density at radius 1 is 1.11 bits per heavy atom. The molecule has 3 N–H and O–H groups in total. The first kappa shape index (κ1) is 19.4. The predicted molar refractivity (Wildman–Crippen MR) is 106 cm³/mol. The average molecular weight is 388 g/mol. The molecule has 7 heteroatoms. The van der Waals surface area contributed by atoms with Crippen LogP contribution in [0.1, 0.15) is 23.2 Å². The molecular weight excluding hydrogens is 366 g/mol. The standard InChI is InChI=1S/C20H22ClN3O3/c21-14-7-9-15(10-8-14)22-20(27)17-5-1-2-6-18(17)23-19(26)13-24-11-3-4-16(25)12-24/h1-2,5-10,16,25H,3-4,11-13H2,(H,22,27)(H,23,26)/t16-/m0/s1. The van der Waals surface area contributed by atoms with Gasteiger partial charge in [0.05, 0.1) is 23.9 Å². The number of piperidine rings is 1. The summed E-state index contributed by atoms with van der Waals surface area (Å²) in [5.74, 6) is -0.530. The first-order chi connectivity index (χ1) is 13.0. The van der Waals surface area contributed by atoms with Gasteiger partial charge in [0.15, 0.2) is 0 Å². The lowest BCUT2D eigenvalue weighted by Crippen LogP contribution is -2.42. The van der Waals surface area contributed by atoms with Crippen molar-refractivity contribution in [3.63, 3.8) is 0 Å². The molecule has 2 amide bonds. The van der Waals surface area contributed by atoms with Gasteiger partial charge in [0, 0.05) is 17.3 Å². The fraction of sp³-hybridized carbons (Fsp3) is 0.300. The highest BCUT2D eigenvalue weighted by atomic mass is 35.5. The Bertz CT molecular complexity index is 810. The second-order valence-corrected chi connectivity index (χ2v) is 7.02. The van der Waals surface area contributed by atoms with E-state index in [0.29, 0.717) is 28.5 Å². The smallest absolute Gasteiger partial charge is 0.257 e. The maximum Gasteiger partial charge on any atom is 0.257 e. The highest BCUT2D eigenvalue weighted by Gasteiger charge is 2.20. The number of rotatable bonds is 5. The van der Waals surface area contributed by atoms with E-state index in [2.05, 4.69) is 10.6 Å². The molecule has 142 valence electrons. The first-order valence-electron chi connectivity index (χ1n) is 8.87. The van der Waals surface area contributed by atoms with Gasteiger partial charge >= 0.3 is 0 Å². The van der Waals surface area contributed by atoms with E-state index < -0.39 is 0 Å². The second kappa shape index (κ2) is 8.99. The molecule has 1 atom stereocenters. The summed E-state index contributed by atoms with van der Waals surface area (Å²) in [5.41, 5.74) is 1.44. The predicted octanol–water partition coefficient (Wildman–Crippen LogP) is 2.99. The zero-order valence-electron chi connectivity index (χ0n) is 14.8. The van der Waals surface area contributed by atoms with E-state index in [-0.39, 0.29) is 24.5 Å². The minimum atomic E-state index is -0.385. The normalized spacial score (nSPS) is 17.3. The number of halogens is 1. The fourth-order valence-corrected chi connectivity index (χ4v) is 3.22. The van der Waals surface area contributed by atoms with Gasteiger partial charge in [0.25, 0.3) is 5.91 Å². The van der Waals surface area contributed by atoms with Crippen molar-refractivity contribution < 1.29 is 14.7 Å². The molecule has 0 unspecified atom stereocenters. The lowest BCUT2D eigenvalue weighted by atomic mass is 10.1. The molecule has 1 aliphatic heterocycles. The van der Waals surface area contributed by atoms with Crippen molar-refractivity contribution in [2.45, 2.75) is 18.9 Å². The molecule has 3 rings (SSSR count). The van der Waals surface area contributed by atoms with Crippen LogP contribution in [0.5, 0.6) is 0 Å². The van der Waals surface area contributed by atoms with Crippen molar-refractivity contribution >= 4 is 34.8 Å². The monoisotopic (exact) mass is 387 g/mol. The lowest BCUT2D eigenvalue weighted by Gasteiger charge is -2.29. The quantitative estimate of drug-likeness (QED) is 0.736. The number of carbonyl (C=O) groups is 2. The Morgan fingerprint density at radius 3 is 2.59 bits per heavy atom. The number of nitrogens with one attached hydrogen (secondary N) is 2. The maximum atomic E-state index is 12.6. The topological polar surface area (TPSA) is 81.7 Å². The molecule has 0 aromatic heterocycles. The van der Waals surface area contributed by atoms with Crippen LogP contribution in [0.25, 0.3) is 0 Å². The molecule has 27 heavy (non-hydrogen) atoms. The number of aliphatic hydroxyl groups is 1. The van der Waals surface area contributed by atoms with E-state index in [9.17, 15) is 14.7 Å². The van der Waals surface area contributed by atoms with Crippen LogP contribution in [0.4, 0.5) is 11.4 Å². The molecule has 6 nitrogen and oxygen atoms in total. The molecule has 1 heterocycles. The largest absolute Gasteiger partial charge is 0.392 e. The van der Waals surface area contributed by atoms with Gasteiger partial charge in [-0.3, -0.25) is 14.5 Å². The molecule has 1 saturated heterocycles. The highest BCUT2D eigenvalue weighted by molar-refractivity contribution is 6.30. The summed E-state index contributed by atoms with van der Waals surface area (Å²) in [6.07, 6.45) is 1.25. The van der Waals surface area contributed by atoms with Gasteiger partial charge in [0.1, 0.15) is 0 Å². The molecule has 0 spiro atoms. The summed E-state index contributed by atoms with van der Waals surface area (Å²) < 4.78 is 0. The second-order valence-electron chi connectivity index (χ2n) is 6.59. The molecule has 1 fully saturated rings. The minimum absolute atomic E-state index is 0.185. The number of amides is 2. The summed E-state index contributed by atoms with van der Waals surface area (Å²) in [6, 6.07) is 13.7. The third-order valence-electron chi connectivity index (χ3n) is 4.40. The van der Waals surface area contributed by atoms with Gasteiger partial charge in [-0.15, -0.1) is 0 Å². The van der Waals surface area contributed by atoms with E-state index >= 15 is 0 Å². The van der Waals surface area contributed by atoms with Gasteiger partial charge in [-0.05, 0) is 55.8 Å². The minimum Gasteiger partial charge on any atom is -0.392 e. The van der Waals surface area contributed by atoms with Crippen LogP contribution in [0.2, 0.25) is 5.02 Å². The number of para-hydroxylation sites is 1. The van der Waals surface area contributed by atoms with Gasteiger partial charge in [-0.1, -0.05) is 23.7 Å². The Kier molecular flexibility index (Phi) is 6.45. The molecule has 1 aliphatic rings. The van der Waals surface area contributed by atoms with Crippen LogP contribution >= 0.6 is 11.6 Å². The van der Waals surface area contributed by atoms with E-state index in [4.69, 9.17) is 11.6 Å². The number of nitrogens with zero attached hydrogens (tertiary/aromatic N) is 1. The lowest BCUT2D eigenvalue weighted by molar-refractivity contribution is -0.118. The summed E-state index contributed by atoms with van der Waals surface area (Å²) in [7, 11) is 0. The van der Waals surface area contributed by atoms with Gasteiger partial charge < -0.3 is 15.7 Å². The summed E-state index contributed by atoms with van der Waals surface area (Å²) in [5, 5.41) is 15.9. The zero-order chi connectivity index (χ0) is 19.2. The van der Waals surface area contributed by atoms with Crippen molar-refractivity contribution in [1.29, 1.82) is 0 Å². The van der Waals surface area contributed by atoms with Crippen molar-refractivity contribution in [2.75, 3.05) is 30.3 Å². The van der Waals surface area contributed by atoms with Gasteiger partial charge in [-0.25, -0.2) is 0 Å². The highest BCUT2D eigenvalue weighted by Crippen LogP contribution is 2.19. The van der Waals surface area contributed by atoms with E-state index in [0.717, 1.165) is 19.4 Å². The maximum absolute atomic E-state index is 12.6. The fourth-order valence-electron chi connectivity index (χ4n) is 3.09. The van der Waals surface area contributed by atoms with Crippen LogP contribution in [0.15, 0.2) is 48.5 Å². The van der Waals surface area contributed by atoms with Crippen molar-refractivity contribution in [3.8, 4) is 0 Å². The number of aliphatic hydroxyl groups excluding tert-OH is 1. The van der Waals surface area contributed by atoms with Crippen molar-refractivity contribution in [1.82, 2.24) is 4.90 Å². The SMILES string of the molecule is O=C(CN1CCC[C@H](O)C1)Nc1ccccc1C(=O)Nc1ccc(Cl)cc1. The van der Waals surface area contributed by atoms with Crippen molar-refractivity contribution in [3.05, 3.63) is 59.1 Å². The zero-order valence-corrected chi connectivity index (χ0v) is 15.6. The number of hydrogen-bond acceptors (Lipinski definition) is 4. The van der Waals surface area contributed by atoms with Crippen LogP contribution < -0.4 is 10.6 Å². The molecule has 0 bridgehead atoms. The van der Waals surface area contributed by atoms with Gasteiger partial charge in [0.2, 0.25) is 5.91 Å². The Labute approximate surface area is 163 Å².